The summed E-state index contributed by atoms with van der Waals surface area (Å²) in [6.45, 7) is 1.84. The molecule has 2 heterocycles. The molecule has 0 spiro atoms. The van der Waals surface area contributed by atoms with Gasteiger partial charge in [-0.2, -0.15) is 5.10 Å². The number of hydrazone groups is 1. The van der Waals surface area contributed by atoms with Crippen LogP contribution in [0.5, 0.6) is 0 Å². The Morgan fingerprint density at radius 2 is 2.04 bits per heavy atom. The van der Waals surface area contributed by atoms with Gasteiger partial charge in [0.1, 0.15) is 11.5 Å². The quantitative estimate of drug-likeness (QED) is 0.567. The van der Waals surface area contributed by atoms with Crippen molar-refractivity contribution in [2.45, 2.75) is 6.92 Å². The molecular weight excluding hydrogens is 310 g/mol. The lowest BCUT2D eigenvalue weighted by Crippen LogP contribution is -2.17. The van der Waals surface area contributed by atoms with Gasteiger partial charge in [0.25, 0.3) is 5.91 Å². The maximum absolute atomic E-state index is 12.2. The maximum Gasteiger partial charge on any atom is 0.274 e. The van der Waals surface area contributed by atoms with Crippen molar-refractivity contribution in [1.82, 2.24) is 5.43 Å². The molecule has 3 rings (SSSR count). The van der Waals surface area contributed by atoms with Gasteiger partial charge < -0.3 is 10.2 Å². The fraction of sp³-hybridized carbons (Fsp3) is 0.0588. The van der Waals surface area contributed by atoms with E-state index in [4.69, 9.17) is 10.2 Å². The number of aryl methyl sites for hydroxylation is 1. The molecule has 3 aromatic rings. The van der Waals surface area contributed by atoms with Crippen LogP contribution in [0.4, 0.5) is 5.00 Å². The second-order valence-electron chi connectivity index (χ2n) is 4.90. The molecule has 0 atom stereocenters. The van der Waals surface area contributed by atoms with E-state index in [-0.39, 0.29) is 5.91 Å². The molecule has 1 amide bonds. The summed E-state index contributed by atoms with van der Waals surface area (Å²) in [6, 6.07) is 15.2. The van der Waals surface area contributed by atoms with Crippen molar-refractivity contribution >= 4 is 28.5 Å². The van der Waals surface area contributed by atoms with Crippen molar-refractivity contribution in [3.63, 3.8) is 0 Å². The number of nitrogens with one attached hydrogen (secondary N) is 1. The van der Waals surface area contributed by atoms with E-state index in [0.717, 1.165) is 16.2 Å². The van der Waals surface area contributed by atoms with Crippen LogP contribution in [-0.2, 0) is 0 Å². The molecule has 3 N–H and O–H groups in total. The van der Waals surface area contributed by atoms with Crippen LogP contribution in [0.15, 0.2) is 58.0 Å². The Bertz CT molecular complexity index is 850. The molecule has 0 aliphatic carbocycles. The third-order valence-electron chi connectivity index (χ3n) is 3.18. The van der Waals surface area contributed by atoms with Crippen molar-refractivity contribution < 1.29 is 9.21 Å². The SMILES string of the molecule is Cc1ccc(C=NNC(=O)c2cc(-c3ccccc3)sc2N)o1. The van der Waals surface area contributed by atoms with E-state index in [2.05, 4.69) is 10.5 Å². The van der Waals surface area contributed by atoms with Gasteiger partial charge in [0.15, 0.2) is 0 Å². The second kappa shape index (κ2) is 6.50. The van der Waals surface area contributed by atoms with Gasteiger partial charge in [0.05, 0.1) is 16.8 Å². The zero-order valence-electron chi connectivity index (χ0n) is 12.4. The van der Waals surface area contributed by atoms with Crippen LogP contribution in [0.1, 0.15) is 21.9 Å². The minimum atomic E-state index is -0.347. The molecule has 0 bridgehead atoms. The molecule has 0 saturated heterocycles. The van der Waals surface area contributed by atoms with Gasteiger partial charge in [-0.05, 0) is 30.7 Å². The first-order valence-corrected chi connectivity index (χ1v) is 7.79. The Kier molecular flexibility index (Phi) is 4.25. The predicted molar refractivity (Wildman–Crippen MR) is 92.7 cm³/mol. The first-order valence-electron chi connectivity index (χ1n) is 6.98. The lowest BCUT2D eigenvalue weighted by molar-refractivity contribution is 0.0956. The van der Waals surface area contributed by atoms with Crippen molar-refractivity contribution in [1.29, 1.82) is 0 Å². The highest BCUT2D eigenvalue weighted by molar-refractivity contribution is 7.19. The number of rotatable bonds is 4. The van der Waals surface area contributed by atoms with Crippen LogP contribution in [-0.4, -0.2) is 12.1 Å². The Morgan fingerprint density at radius 1 is 1.26 bits per heavy atom. The summed E-state index contributed by atoms with van der Waals surface area (Å²) < 4.78 is 5.33. The molecule has 23 heavy (non-hydrogen) atoms. The molecule has 5 nitrogen and oxygen atoms in total. The summed E-state index contributed by atoms with van der Waals surface area (Å²) in [4.78, 5) is 13.1. The van der Waals surface area contributed by atoms with Crippen LogP contribution in [0.25, 0.3) is 10.4 Å². The van der Waals surface area contributed by atoms with E-state index in [9.17, 15) is 4.79 Å². The van der Waals surface area contributed by atoms with Crippen LogP contribution in [0.2, 0.25) is 0 Å². The third-order valence-corrected chi connectivity index (χ3v) is 4.20. The number of hydrogen-bond donors (Lipinski definition) is 2. The van der Waals surface area contributed by atoms with Gasteiger partial charge in [-0.25, -0.2) is 5.43 Å². The van der Waals surface area contributed by atoms with Gasteiger partial charge >= 0.3 is 0 Å². The van der Waals surface area contributed by atoms with Crippen molar-refractivity contribution in [2.24, 2.45) is 5.10 Å². The number of thiophene rings is 1. The molecule has 116 valence electrons. The second-order valence-corrected chi connectivity index (χ2v) is 5.99. The number of amides is 1. The number of nitrogens with two attached hydrogens (primary N) is 1. The molecule has 2 aromatic heterocycles. The third kappa shape index (κ3) is 3.49. The normalized spacial score (nSPS) is 11.0. The van der Waals surface area contributed by atoms with Gasteiger partial charge in [-0.3, -0.25) is 4.79 Å². The first kappa shape index (κ1) is 15.1. The summed E-state index contributed by atoms with van der Waals surface area (Å²) >= 11 is 1.38. The minimum absolute atomic E-state index is 0.347. The smallest absolute Gasteiger partial charge is 0.274 e. The number of hydrogen-bond acceptors (Lipinski definition) is 5. The minimum Gasteiger partial charge on any atom is -0.460 e. The zero-order valence-corrected chi connectivity index (χ0v) is 13.3. The highest BCUT2D eigenvalue weighted by Gasteiger charge is 2.14. The molecule has 0 fully saturated rings. The summed E-state index contributed by atoms with van der Waals surface area (Å²) in [5, 5.41) is 4.35. The van der Waals surface area contributed by atoms with E-state index in [1.807, 2.05) is 43.3 Å². The molecule has 6 heteroatoms. The van der Waals surface area contributed by atoms with Gasteiger partial charge in [0, 0.05) is 4.88 Å². The molecule has 1 aromatic carbocycles. The number of benzene rings is 1. The molecular formula is C17H15N3O2S. The Labute approximate surface area is 137 Å². The standard InChI is InChI=1S/C17H15N3O2S/c1-11-7-8-13(22-11)10-19-20-17(21)14-9-15(23-16(14)18)12-5-3-2-4-6-12/h2-10H,18H2,1H3,(H,20,21). The Morgan fingerprint density at radius 3 is 2.74 bits per heavy atom. The number of anilines is 1. The lowest BCUT2D eigenvalue weighted by atomic mass is 10.1. The van der Waals surface area contributed by atoms with Crippen LogP contribution < -0.4 is 11.2 Å². The molecule has 0 aliphatic rings. The summed E-state index contributed by atoms with van der Waals surface area (Å²) in [5.74, 6) is 1.01. The zero-order chi connectivity index (χ0) is 16.2. The van der Waals surface area contributed by atoms with Crippen LogP contribution >= 0.6 is 11.3 Å². The highest BCUT2D eigenvalue weighted by Crippen LogP contribution is 2.33. The average Bonchev–Trinajstić information content (AvgIpc) is 3.14. The fourth-order valence-electron chi connectivity index (χ4n) is 2.06. The van der Waals surface area contributed by atoms with E-state index in [0.29, 0.717) is 16.3 Å². The van der Waals surface area contributed by atoms with E-state index in [1.54, 1.807) is 12.1 Å². The number of carbonyl (C=O) groups excluding carboxylic acids is 1. The predicted octanol–water partition coefficient (Wildman–Crippen LogP) is 3.66. The van der Waals surface area contributed by atoms with E-state index < -0.39 is 0 Å². The number of nitrogen functional groups attached to an aromatic ring is 1. The maximum atomic E-state index is 12.2. The molecule has 0 aliphatic heterocycles. The van der Waals surface area contributed by atoms with Crippen molar-refractivity contribution in [2.75, 3.05) is 5.73 Å². The molecule has 0 radical (unpaired) electrons. The Hall–Kier alpha value is -2.86. The van der Waals surface area contributed by atoms with E-state index in [1.165, 1.54) is 17.6 Å². The summed E-state index contributed by atoms with van der Waals surface area (Å²) in [6.07, 6.45) is 1.45. The monoisotopic (exact) mass is 325 g/mol. The average molecular weight is 325 g/mol. The summed E-state index contributed by atoms with van der Waals surface area (Å²) in [5.41, 5.74) is 9.86. The Balaban J connectivity index is 1.73. The highest BCUT2D eigenvalue weighted by atomic mass is 32.1. The topological polar surface area (TPSA) is 80.6 Å². The van der Waals surface area contributed by atoms with Crippen molar-refractivity contribution in [3.05, 3.63) is 65.6 Å². The first-order chi connectivity index (χ1) is 11.1. The lowest BCUT2D eigenvalue weighted by Gasteiger charge is -1.97. The number of nitrogens with zero attached hydrogens (tertiary/aromatic N) is 1. The van der Waals surface area contributed by atoms with E-state index >= 15 is 0 Å². The number of furan rings is 1. The largest absolute Gasteiger partial charge is 0.460 e. The summed E-state index contributed by atoms with van der Waals surface area (Å²) in [7, 11) is 0. The van der Waals surface area contributed by atoms with Gasteiger partial charge in [-0.1, -0.05) is 30.3 Å². The molecule has 0 unspecified atom stereocenters. The van der Waals surface area contributed by atoms with Crippen molar-refractivity contribution in [3.8, 4) is 10.4 Å². The van der Waals surface area contributed by atoms with Crippen LogP contribution in [0.3, 0.4) is 0 Å². The van der Waals surface area contributed by atoms with Gasteiger partial charge in [0.2, 0.25) is 0 Å². The van der Waals surface area contributed by atoms with Crippen LogP contribution in [0, 0.1) is 6.92 Å². The van der Waals surface area contributed by atoms with Gasteiger partial charge in [-0.15, -0.1) is 11.3 Å². The number of carbonyl (C=O) groups is 1. The fourth-order valence-corrected chi connectivity index (χ4v) is 2.99. The molecule has 0 saturated carbocycles.